The molecule has 5 nitrogen and oxygen atoms in total. The van der Waals surface area contributed by atoms with Crippen molar-refractivity contribution in [3.8, 4) is 0 Å². The molecule has 0 spiro atoms. The van der Waals surface area contributed by atoms with Gasteiger partial charge in [-0.2, -0.15) is 0 Å². The highest BCUT2D eigenvalue weighted by molar-refractivity contribution is 6.18. The SMILES string of the molecule is CN(CCCl)C(=O)c1ccc(F)cc1[N+](=O)[O-]. The van der Waals surface area contributed by atoms with Crippen LogP contribution in [0.2, 0.25) is 0 Å². The standard InChI is InChI=1S/C10H10ClFN2O3/c1-13(5-4-11)10(15)8-3-2-7(12)6-9(8)14(16)17/h2-3,6H,4-5H2,1H3. The summed E-state index contributed by atoms with van der Waals surface area (Å²) < 4.78 is 12.9. The maximum Gasteiger partial charge on any atom is 0.285 e. The van der Waals surface area contributed by atoms with Crippen LogP contribution < -0.4 is 0 Å². The third kappa shape index (κ3) is 3.13. The average Bonchev–Trinajstić information content (AvgIpc) is 2.28. The van der Waals surface area contributed by atoms with Gasteiger partial charge in [0.1, 0.15) is 11.4 Å². The number of halogens is 2. The van der Waals surface area contributed by atoms with Crippen molar-refractivity contribution < 1.29 is 14.1 Å². The van der Waals surface area contributed by atoms with Gasteiger partial charge in [0.2, 0.25) is 0 Å². The van der Waals surface area contributed by atoms with Gasteiger partial charge in [-0.25, -0.2) is 4.39 Å². The van der Waals surface area contributed by atoms with Gasteiger partial charge in [0.25, 0.3) is 11.6 Å². The second-order valence-corrected chi connectivity index (χ2v) is 3.71. The zero-order valence-electron chi connectivity index (χ0n) is 9.02. The maximum atomic E-state index is 12.9. The molecule has 0 fully saturated rings. The third-order valence-electron chi connectivity index (χ3n) is 2.15. The number of carbonyl (C=O) groups excluding carboxylic acids is 1. The summed E-state index contributed by atoms with van der Waals surface area (Å²) in [7, 11) is 1.47. The monoisotopic (exact) mass is 260 g/mol. The van der Waals surface area contributed by atoms with E-state index in [-0.39, 0.29) is 18.0 Å². The van der Waals surface area contributed by atoms with E-state index >= 15 is 0 Å². The lowest BCUT2D eigenvalue weighted by Crippen LogP contribution is -2.29. The van der Waals surface area contributed by atoms with Crippen molar-refractivity contribution in [2.24, 2.45) is 0 Å². The average molecular weight is 261 g/mol. The number of nitrogens with zero attached hydrogens (tertiary/aromatic N) is 2. The van der Waals surface area contributed by atoms with Crippen LogP contribution in [0.5, 0.6) is 0 Å². The zero-order chi connectivity index (χ0) is 13.0. The first kappa shape index (κ1) is 13.4. The lowest BCUT2D eigenvalue weighted by atomic mass is 10.1. The molecule has 0 saturated heterocycles. The first-order valence-corrected chi connectivity index (χ1v) is 5.26. The molecule has 1 amide bonds. The molecule has 0 bridgehead atoms. The lowest BCUT2D eigenvalue weighted by molar-refractivity contribution is -0.385. The minimum absolute atomic E-state index is 0.149. The van der Waals surface area contributed by atoms with Gasteiger partial charge < -0.3 is 4.90 Å². The van der Waals surface area contributed by atoms with Crippen molar-refractivity contribution >= 4 is 23.2 Å². The van der Waals surface area contributed by atoms with Crippen molar-refractivity contribution in [2.75, 3.05) is 19.5 Å². The number of carbonyl (C=O) groups is 1. The summed E-state index contributed by atoms with van der Waals surface area (Å²) in [5.41, 5.74) is -0.694. The van der Waals surface area contributed by atoms with Gasteiger partial charge in [-0.1, -0.05) is 0 Å². The molecule has 0 atom stereocenters. The fraction of sp³-hybridized carbons (Fsp3) is 0.300. The Balaban J connectivity index is 3.13. The number of hydrogen-bond donors (Lipinski definition) is 0. The van der Waals surface area contributed by atoms with E-state index in [1.807, 2.05) is 0 Å². The summed E-state index contributed by atoms with van der Waals surface area (Å²) in [4.78, 5) is 23.0. The van der Waals surface area contributed by atoms with E-state index < -0.39 is 22.3 Å². The summed E-state index contributed by atoms with van der Waals surface area (Å²) in [6.07, 6.45) is 0. The van der Waals surface area contributed by atoms with Crippen LogP contribution in [0.4, 0.5) is 10.1 Å². The number of nitro groups is 1. The molecule has 0 aliphatic heterocycles. The number of nitro benzene ring substituents is 1. The lowest BCUT2D eigenvalue weighted by Gasteiger charge is -2.15. The Morgan fingerprint density at radius 1 is 1.59 bits per heavy atom. The van der Waals surface area contributed by atoms with E-state index in [1.54, 1.807) is 0 Å². The van der Waals surface area contributed by atoms with E-state index in [2.05, 4.69) is 0 Å². The van der Waals surface area contributed by atoms with E-state index in [9.17, 15) is 19.3 Å². The van der Waals surface area contributed by atoms with Gasteiger partial charge in [-0.15, -0.1) is 11.6 Å². The molecule has 0 N–H and O–H groups in total. The quantitative estimate of drug-likeness (QED) is 0.473. The Bertz CT molecular complexity index is 453. The van der Waals surface area contributed by atoms with Gasteiger partial charge in [0, 0.05) is 19.5 Å². The molecule has 0 aliphatic rings. The number of hydrogen-bond acceptors (Lipinski definition) is 3. The second kappa shape index (κ2) is 5.58. The molecular weight excluding hydrogens is 251 g/mol. The minimum Gasteiger partial charge on any atom is -0.340 e. The zero-order valence-corrected chi connectivity index (χ0v) is 9.78. The van der Waals surface area contributed by atoms with Crippen LogP contribution in [0.25, 0.3) is 0 Å². The van der Waals surface area contributed by atoms with Crippen molar-refractivity contribution in [3.63, 3.8) is 0 Å². The van der Waals surface area contributed by atoms with Crippen LogP contribution >= 0.6 is 11.6 Å². The van der Waals surface area contributed by atoms with Gasteiger partial charge >= 0.3 is 0 Å². The smallest absolute Gasteiger partial charge is 0.285 e. The summed E-state index contributed by atoms with van der Waals surface area (Å²) in [5, 5.41) is 10.7. The van der Waals surface area contributed by atoms with Gasteiger partial charge in [0.15, 0.2) is 0 Å². The van der Waals surface area contributed by atoms with Gasteiger partial charge in [-0.3, -0.25) is 14.9 Å². The second-order valence-electron chi connectivity index (χ2n) is 3.33. The van der Waals surface area contributed by atoms with Crippen molar-refractivity contribution in [1.82, 2.24) is 4.90 Å². The molecule has 17 heavy (non-hydrogen) atoms. The molecule has 0 unspecified atom stereocenters. The number of benzene rings is 1. The van der Waals surface area contributed by atoms with Crippen LogP contribution in [0.15, 0.2) is 18.2 Å². The van der Waals surface area contributed by atoms with E-state index in [0.29, 0.717) is 0 Å². The Morgan fingerprint density at radius 3 is 2.76 bits per heavy atom. The normalized spacial score (nSPS) is 10.1. The van der Waals surface area contributed by atoms with E-state index in [1.165, 1.54) is 11.9 Å². The fourth-order valence-corrected chi connectivity index (χ4v) is 1.52. The van der Waals surface area contributed by atoms with E-state index in [0.717, 1.165) is 18.2 Å². The summed E-state index contributed by atoms with van der Waals surface area (Å²) >= 11 is 5.47. The molecule has 7 heteroatoms. The molecular formula is C10H10ClFN2O3. The Labute approximate surface area is 102 Å². The molecule has 0 aliphatic carbocycles. The first-order chi connectivity index (χ1) is 7.97. The Hall–Kier alpha value is -1.69. The largest absolute Gasteiger partial charge is 0.340 e. The minimum atomic E-state index is -0.787. The predicted molar refractivity (Wildman–Crippen MR) is 60.7 cm³/mol. The molecule has 0 saturated carbocycles. The van der Waals surface area contributed by atoms with Crippen molar-refractivity contribution in [1.29, 1.82) is 0 Å². The molecule has 92 valence electrons. The van der Waals surface area contributed by atoms with Crippen LogP contribution in [0, 0.1) is 15.9 Å². The molecule has 1 rings (SSSR count). The molecule has 0 aromatic heterocycles. The summed E-state index contributed by atoms with van der Waals surface area (Å²) in [6.45, 7) is 0.259. The molecule has 1 aromatic carbocycles. The van der Waals surface area contributed by atoms with Crippen LogP contribution in [-0.4, -0.2) is 35.2 Å². The highest BCUT2D eigenvalue weighted by atomic mass is 35.5. The Morgan fingerprint density at radius 2 is 2.24 bits per heavy atom. The highest BCUT2D eigenvalue weighted by Gasteiger charge is 2.23. The highest BCUT2D eigenvalue weighted by Crippen LogP contribution is 2.21. The molecule has 0 heterocycles. The maximum absolute atomic E-state index is 12.9. The van der Waals surface area contributed by atoms with Crippen LogP contribution in [0.3, 0.4) is 0 Å². The van der Waals surface area contributed by atoms with Crippen molar-refractivity contribution in [3.05, 3.63) is 39.7 Å². The van der Waals surface area contributed by atoms with Gasteiger partial charge in [0.05, 0.1) is 11.0 Å². The van der Waals surface area contributed by atoms with Crippen molar-refractivity contribution in [2.45, 2.75) is 0 Å². The Kier molecular flexibility index (Phi) is 4.39. The fourth-order valence-electron chi connectivity index (χ4n) is 1.27. The first-order valence-electron chi connectivity index (χ1n) is 4.72. The summed E-state index contributed by atoms with van der Waals surface area (Å²) in [6, 6.07) is 2.83. The van der Waals surface area contributed by atoms with Gasteiger partial charge in [-0.05, 0) is 12.1 Å². The number of rotatable bonds is 4. The van der Waals surface area contributed by atoms with Crippen LogP contribution in [-0.2, 0) is 0 Å². The van der Waals surface area contributed by atoms with Crippen LogP contribution in [0.1, 0.15) is 10.4 Å². The summed E-state index contributed by atoms with van der Waals surface area (Å²) in [5.74, 6) is -1.09. The number of alkyl halides is 1. The van der Waals surface area contributed by atoms with E-state index in [4.69, 9.17) is 11.6 Å². The predicted octanol–water partition coefficient (Wildman–Crippen LogP) is 2.04. The number of amides is 1. The topological polar surface area (TPSA) is 63.5 Å². The third-order valence-corrected chi connectivity index (χ3v) is 2.32. The molecule has 0 radical (unpaired) electrons. The molecule has 1 aromatic rings.